The number of halogens is 1. The molecule has 0 fully saturated rings. The summed E-state index contributed by atoms with van der Waals surface area (Å²) in [5, 5.41) is 9.92. The number of aromatic nitrogens is 2. The van der Waals surface area contributed by atoms with Crippen LogP contribution in [0.5, 0.6) is 0 Å². The molecule has 2 amide bonds. The average Bonchev–Trinajstić information content (AvgIpc) is 3.09. The van der Waals surface area contributed by atoms with Gasteiger partial charge in [0.05, 0.1) is 0 Å². The maximum absolute atomic E-state index is 12.1. The highest BCUT2D eigenvalue weighted by Crippen LogP contribution is 2.22. The number of nitrogens with one attached hydrogen (secondary N) is 2. The van der Waals surface area contributed by atoms with Gasteiger partial charge in [-0.2, -0.15) is 0 Å². The number of nitrogens with zero attached hydrogens (tertiary/aromatic N) is 2. The summed E-state index contributed by atoms with van der Waals surface area (Å²) in [5.41, 5.74) is 1.69. The van der Waals surface area contributed by atoms with Gasteiger partial charge in [-0.05, 0) is 54.2 Å². The van der Waals surface area contributed by atoms with Gasteiger partial charge in [0, 0.05) is 10.7 Å². The Balaban J connectivity index is 1.64. The van der Waals surface area contributed by atoms with Crippen LogP contribution in [-0.2, 0) is 11.0 Å². The number of anilines is 2. The molecule has 0 aliphatic heterocycles. The fourth-order valence-corrected chi connectivity index (χ4v) is 3.89. The van der Waals surface area contributed by atoms with E-state index in [0.29, 0.717) is 17.3 Å². The van der Waals surface area contributed by atoms with Gasteiger partial charge >= 0.3 is 11.9 Å². The molecule has 1 unspecified atom stereocenters. The Kier molecular flexibility index (Phi) is 6.68. The van der Waals surface area contributed by atoms with E-state index in [9.17, 15) is 4.79 Å². The monoisotopic (exact) mass is 431 g/mol. The molecule has 29 heavy (non-hydrogen) atoms. The number of carbonyl (C=O) groups excluding carboxylic acids is 1. The van der Waals surface area contributed by atoms with Gasteiger partial charge in [-0.15, -0.1) is 0 Å². The lowest BCUT2D eigenvalue weighted by Crippen LogP contribution is -2.41. The molecule has 3 aromatic rings. The summed E-state index contributed by atoms with van der Waals surface area (Å²) in [6.07, 6.45) is 1.47. The zero-order valence-corrected chi connectivity index (χ0v) is 18.3. The molecular formula is C20H24ClN4O3Si+. The van der Waals surface area contributed by atoms with Crippen molar-refractivity contribution in [2.24, 2.45) is 0 Å². The molecular weight excluding hydrogens is 408 g/mol. The zero-order chi connectivity index (χ0) is 20.9. The molecule has 1 heterocycles. The van der Waals surface area contributed by atoms with E-state index in [0.717, 1.165) is 5.56 Å². The second-order valence-electron chi connectivity index (χ2n) is 7.50. The van der Waals surface area contributed by atoms with E-state index in [-0.39, 0.29) is 12.0 Å². The zero-order valence-electron chi connectivity index (χ0n) is 16.6. The van der Waals surface area contributed by atoms with Crippen molar-refractivity contribution in [3.8, 4) is 0 Å². The predicted molar refractivity (Wildman–Crippen MR) is 114 cm³/mol. The number of amides is 2. The Bertz CT molecular complexity index is 942. The van der Waals surface area contributed by atoms with Crippen molar-refractivity contribution in [3.63, 3.8) is 0 Å². The summed E-state index contributed by atoms with van der Waals surface area (Å²) < 4.78 is 13.2. The lowest BCUT2D eigenvalue weighted by molar-refractivity contribution is -0.768. The molecule has 2 N–H and O–H groups in total. The Morgan fingerprint density at radius 3 is 2.48 bits per heavy atom. The quantitative estimate of drug-likeness (QED) is 0.413. The van der Waals surface area contributed by atoms with E-state index in [2.05, 4.69) is 35.5 Å². The van der Waals surface area contributed by atoms with Crippen molar-refractivity contribution in [1.82, 2.24) is 5.27 Å². The molecule has 1 atom stereocenters. The minimum atomic E-state index is -1.78. The lowest BCUT2D eigenvalue weighted by Gasteiger charge is -2.24. The van der Waals surface area contributed by atoms with Crippen LogP contribution in [-0.4, -0.2) is 19.6 Å². The molecule has 0 saturated carbocycles. The smallest absolute Gasteiger partial charge is 0.326 e. The third-order valence-electron chi connectivity index (χ3n) is 3.87. The molecule has 0 radical (unpaired) electrons. The summed E-state index contributed by atoms with van der Waals surface area (Å²) in [5.74, 6) is 0.233. The van der Waals surface area contributed by atoms with Crippen LogP contribution >= 0.6 is 11.6 Å². The van der Waals surface area contributed by atoms with Crippen molar-refractivity contribution >= 4 is 37.5 Å². The van der Waals surface area contributed by atoms with E-state index in [1.54, 1.807) is 35.1 Å². The summed E-state index contributed by atoms with van der Waals surface area (Å²) in [6, 6.07) is 16.4. The molecule has 0 bridgehead atoms. The molecule has 0 aliphatic rings. The Morgan fingerprint density at radius 2 is 1.83 bits per heavy atom. The van der Waals surface area contributed by atoms with Gasteiger partial charge in [-0.3, -0.25) is 9.84 Å². The second kappa shape index (κ2) is 9.21. The molecule has 0 aliphatic carbocycles. The molecule has 152 valence electrons. The summed E-state index contributed by atoms with van der Waals surface area (Å²) in [7, 11) is -1.78. The number of carbonyl (C=O) groups is 1. The van der Waals surface area contributed by atoms with E-state index < -0.39 is 14.3 Å². The largest absolute Gasteiger partial charge is 0.405 e. The van der Waals surface area contributed by atoms with Crippen LogP contribution in [0.4, 0.5) is 16.4 Å². The fourth-order valence-electron chi connectivity index (χ4n) is 2.70. The van der Waals surface area contributed by atoms with E-state index in [1.165, 1.54) is 0 Å². The van der Waals surface area contributed by atoms with Crippen LogP contribution in [0.3, 0.4) is 0 Å². The first-order chi connectivity index (χ1) is 13.8. The minimum absolute atomic E-state index is 0.159. The Hall–Kier alpha value is -2.68. The highest BCUT2D eigenvalue weighted by atomic mass is 35.5. The Morgan fingerprint density at radius 1 is 1.14 bits per heavy atom. The van der Waals surface area contributed by atoms with Crippen LogP contribution < -0.4 is 15.3 Å². The molecule has 7 nitrogen and oxygen atoms in total. The number of benzene rings is 2. The van der Waals surface area contributed by atoms with Crippen molar-refractivity contribution < 1.29 is 18.4 Å². The highest BCUT2D eigenvalue weighted by molar-refractivity contribution is 6.69. The predicted octanol–water partition coefficient (Wildman–Crippen LogP) is 4.85. The summed E-state index contributed by atoms with van der Waals surface area (Å²) in [6.45, 7) is 6.90. The molecule has 3 rings (SSSR count). The normalized spacial score (nSPS) is 12.4. The maximum Gasteiger partial charge on any atom is 0.326 e. The first kappa shape index (κ1) is 21.0. The number of urea groups is 1. The third kappa shape index (κ3) is 6.70. The van der Waals surface area contributed by atoms with Gasteiger partial charge < -0.3 is 9.74 Å². The highest BCUT2D eigenvalue weighted by Gasteiger charge is 2.27. The average molecular weight is 432 g/mol. The van der Waals surface area contributed by atoms with Crippen molar-refractivity contribution in [1.29, 1.82) is 0 Å². The molecule has 9 heteroatoms. The van der Waals surface area contributed by atoms with Gasteiger partial charge in [0.2, 0.25) is 11.8 Å². The van der Waals surface area contributed by atoms with Crippen LogP contribution in [0.25, 0.3) is 0 Å². The van der Waals surface area contributed by atoms with Gasteiger partial charge in [-0.1, -0.05) is 41.9 Å². The summed E-state index contributed by atoms with van der Waals surface area (Å²) in [4.78, 5) is 12.1. The van der Waals surface area contributed by atoms with Crippen LogP contribution in [0.2, 0.25) is 24.7 Å². The van der Waals surface area contributed by atoms with E-state index in [4.69, 9.17) is 20.6 Å². The summed E-state index contributed by atoms with van der Waals surface area (Å²) >= 11 is 5.84. The van der Waals surface area contributed by atoms with E-state index >= 15 is 0 Å². The number of hydrogen-bond acceptors (Lipinski definition) is 4. The number of hydrogen-bond donors (Lipinski definition) is 2. The number of rotatable bonds is 7. The molecule has 0 saturated heterocycles. The third-order valence-corrected chi connectivity index (χ3v) is 5.11. The van der Waals surface area contributed by atoms with Crippen molar-refractivity contribution in [3.05, 3.63) is 71.4 Å². The standard InChI is InChI=1S/C20H23ClN4O3Si/c1-29(2,3)28-18(15-7-5-4-6-8-15)13-25-14-19(27-24-25)23-20(26)22-17-11-9-16(21)10-12-17/h4-12,14,18H,13H2,1-3H3,(H-,22,23,24,26)/p+1. The Labute approximate surface area is 175 Å². The lowest BCUT2D eigenvalue weighted by atomic mass is 10.1. The molecule has 2 aromatic carbocycles. The maximum atomic E-state index is 12.1. The van der Waals surface area contributed by atoms with Crippen LogP contribution in [0.15, 0.2) is 65.3 Å². The van der Waals surface area contributed by atoms with E-state index in [1.807, 2.05) is 30.3 Å². The second-order valence-corrected chi connectivity index (χ2v) is 12.4. The first-order valence-corrected chi connectivity index (χ1v) is 13.0. The van der Waals surface area contributed by atoms with Gasteiger partial charge in [0.1, 0.15) is 6.10 Å². The molecule has 0 spiro atoms. The minimum Gasteiger partial charge on any atom is -0.405 e. The van der Waals surface area contributed by atoms with Gasteiger partial charge in [0.15, 0.2) is 8.32 Å². The first-order valence-electron chi connectivity index (χ1n) is 9.21. The van der Waals surface area contributed by atoms with Crippen LogP contribution in [0.1, 0.15) is 11.7 Å². The van der Waals surface area contributed by atoms with Gasteiger partial charge in [-0.25, -0.2) is 4.79 Å². The van der Waals surface area contributed by atoms with Crippen molar-refractivity contribution in [2.45, 2.75) is 32.3 Å². The molecule has 1 aromatic heterocycles. The van der Waals surface area contributed by atoms with Gasteiger partial charge in [0.25, 0.3) is 6.20 Å². The fraction of sp³-hybridized carbons (Fsp3) is 0.250. The van der Waals surface area contributed by atoms with Crippen molar-refractivity contribution in [2.75, 3.05) is 10.6 Å². The SMILES string of the molecule is C[Si](C)(C)OC(C[n+]1cc(NC(=O)Nc2ccc(Cl)cc2)on1)c1ccccc1. The topological polar surface area (TPSA) is 80.3 Å². The van der Waals surface area contributed by atoms with Crippen LogP contribution in [0, 0.1) is 0 Å².